The maximum Gasteiger partial charge on any atom is 0.179 e. The standard InChI is InChI=1S/C7H8BrN5/c1-12-3-10-6-4(5(12)9)11-7(8)13(6)2/h3,9H,1-2H3. The molecule has 0 unspecified atom stereocenters. The first-order valence-corrected chi connectivity index (χ1v) is 4.48. The van der Waals surface area contributed by atoms with Crippen LogP contribution in [0.25, 0.3) is 11.2 Å². The van der Waals surface area contributed by atoms with Gasteiger partial charge in [0.2, 0.25) is 0 Å². The first kappa shape index (κ1) is 8.43. The zero-order chi connectivity index (χ0) is 9.59. The summed E-state index contributed by atoms with van der Waals surface area (Å²) in [7, 11) is 3.63. The van der Waals surface area contributed by atoms with Crippen molar-refractivity contribution in [2.75, 3.05) is 0 Å². The molecule has 2 aromatic heterocycles. The summed E-state index contributed by atoms with van der Waals surface area (Å²) in [4.78, 5) is 8.36. The number of nitrogens with one attached hydrogen (secondary N) is 1. The summed E-state index contributed by atoms with van der Waals surface area (Å²) in [6, 6.07) is 0. The highest BCUT2D eigenvalue weighted by molar-refractivity contribution is 9.10. The third-order valence-electron chi connectivity index (χ3n) is 1.94. The Balaban J connectivity index is 3.03. The number of rotatable bonds is 0. The van der Waals surface area contributed by atoms with Gasteiger partial charge < -0.3 is 9.13 Å². The van der Waals surface area contributed by atoms with Crippen LogP contribution in [0.1, 0.15) is 0 Å². The molecule has 0 spiro atoms. The molecule has 68 valence electrons. The van der Waals surface area contributed by atoms with Crippen molar-refractivity contribution in [2.24, 2.45) is 14.1 Å². The van der Waals surface area contributed by atoms with E-state index in [0.717, 1.165) is 5.65 Å². The van der Waals surface area contributed by atoms with Crippen molar-refractivity contribution in [3.05, 3.63) is 16.5 Å². The third kappa shape index (κ3) is 1.09. The monoisotopic (exact) mass is 241 g/mol. The number of halogens is 1. The van der Waals surface area contributed by atoms with Crippen molar-refractivity contribution < 1.29 is 0 Å². The highest BCUT2D eigenvalue weighted by Gasteiger charge is 2.07. The molecule has 0 aliphatic carbocycles. The van der Waals surface area contributed by atoms with Gasteiger partial charge in [-0.1, -0.05) is 0 Å². The van der Waals surface area contributed by atoms with E-state index in [1.165, 1.54) is 0 Å². The van der Waals surface area contributed by atoms with Gasteiger partial charge in [0.05, 0.1) is 6.33 Å². The van der Waals surface area contributed by atoms with Crippen molar-refractivity contribution in [3.8, 4) is 0 Å². The molecule has 2 heterocycles. The van der Waals surface area contributed by atoms with Gasteiger partial charge in [0, 0.05) is 14.1 Å². The average molecular weight is 242 g/mol. The van der Waals surface area contributed by atoms with E-state index in [0.29, 0.717) is 15.7 Å². The first-order chi connectivity index (χ1) is 6.11. The summed E-state index contributed by atoms with van der Waals surface area (Å²) >= 11 is 3.29. The molecule has 2 rings (SSSR count). The lowest BCUT2D eigenvalue weighted by atomic mass is 10.5. The van der Waals surface area contributed by atoms with Crippen molar-refractivity contribution in [1.29, 1.82) is 5.41 Å². The van der Waals surface area contributed by atoms with E-state index >= 15 is 0 Å². The predicted octanol–water partition coefficient (Wildman–Crippen LogP) is 0.549. The van der Waals surface area contributed by atoms with Crippen molar-refractivity contribution >= 4 is 27.1 Å². The van der Waals surface area contributed by atoms with Gasteiger partial charge >= 0.3 is 0 Å². The minimum atomic E-state index is 0.367. The molecular weight excluding hydrogens is 234 g/mol. The molecule has 0 atom stereocenters. The van der Waals surface area contributed by atoms with E-state index in [9.17, 15) is 0 Å². The largest absolute Gasteiger partial charge is 0.319 e. The van der Waals surface area contributed by atoms with Crippen LogP contribution in [0.4, 0.5) is 0 Å². The molecule has 1 N–H and O–H groups in total. The summed E-state index contributed by atoms with van der Waals surface area (Å²) in [6.45, 7) is 0. The Bertz CT molecular complexity index is 523. The fourth-order valence-corrected chi connectivity index (χ4v) is 1.48. The van der Waals surface area contributed by atoms with E-state index in [2.05, 4.69) is 25.9 Å². The number of hydrogen-bond acceptors (Lipinski definition) is 3. The quantitative estimate of drug-likeness (QED) is 0.686. The smallest absolute Gasteiger partial charge is 0.179 e. The summed E-state index contributed by atoms with van der Waals surface area (Å²) in [5.41, 5.74) is 1.70. The normalized spacial score (nSPS) is 11.0. The Morgan fingerprint density at radius 2 is 2.15 bits per heavy atom. The molecule has 0 fully saturated rings. The second kappa shape index (κ2) is 2.66. The Morgan fingerprint density at radius 1 is 1.46 bits per heavy atom. The summed E-state index contributed by atoms with van der Waals surface area (Å²) in [5.74, 6) is 0. The van der Waals surface area contributed by atoms with Crippen LogP contribution in [0.2, 0.25) is 0 Å². The number of hydrogen-bond donors (Lipinski definition) is 1. The fraction of sp³-hybridized carbons (Fsp3) is 0.286. The molecule has 0 radical (unpaired) electrons. The Kier molecular flexibility index (Phi) is 1.73. The molecule has 2 aromatic rings. The Hall–Kier alpha value is -1.17. The molecular formula is C7H8BrN5. The van der Waals surface area contributed by atoms with E-state index in [1.807, 2.05) is 7.05 Å². The fourth-order valence-electron chi connectivity index (χ4n) is 1.14. The maximum atomic E-state index is 7.72. The molecule has 0 saturated heterocycles. The topological polar surface area (TPSA) is 59.5 Å². The lowest BCUT2D eigenvalue weighted by Gasteiger charge is -1.97. The molecule has 5 nitrogen and oxygen atoms in total. The molecule has 0 amide bonds. The van der Waals surface area contributed by atoms with Gasteiger partial charge in [0.1, 0.15) is 0 Å². The minimum absolute atomic E-state index is 0.367. The molecule has 0 saturated carbocycles. The van der Waals surface area contributed by atoms with E-state index in [-0.39, 0.29) is 0 Å². The minimum Gasteiger partial charge on any atom is -0.319 e. The maximum absolute atomic E-state index is 7.72. The lowest BCUT2D eigenvalue weighted by molar-refractivity contribution is 0.797. The van der Waals surface area contributed by atoms with Crippen LogP contribution in [-0.2, 0) is 14.1 Å². The molecule has 6 heteroatoms. The first-order valence-electron chi connectivity index (χ1n) is 3.69. The Labute approximate surface area is 82.7 Å². The van der Waals surface area contributed by atoms with Crippen molar-refractivity contribution in [2.45, 2.75) is 0 Å². The second-order valence-corrected chi connectivity index (χ2v) is 3.53. The highest BCUT2D eigenvalue weighted by Crippen LogP contribution is 2.12. The van der Waals surface area contributed by atoms with Crippen molar-refractivity contribution in [1.82, 2.24) is 19.1 Å². The lowest BCUT2D eigenvalue weighted by Crippen LogP contribution is -2.17. The van der Waals surface area contributed by atoms with Crippen LogP contribution in [0, 0.1) is 5.41 Å². The molecule has 0 aliphatic heterocycles. The van der Waals surface area contributed by atoms with Crippen LogP contribution in [0.3, 0.4) is 0 Å². The number of aryl methyl sites for hydroxylation is 2. The predicted molar refractivity (Wildman–Crippen MR) is 51.0 cm³/mol. The van der Waals surface area contributed by atoms with Crippen LogP contribution in [0.5, 0.6) is 0 Å². The summed E-state index contributed by atoms with van der Waals surface area (Å²) in [5, 5.41) is 7.72. The summed E-state index contributed by atoms with van der Waals surface area (Å²) in [6.07, 6.45) is 1.61. The SMILES string of the molecule is Cn1cnc2c(nc(Br)n2C)c1=N. The summed E-state index contributed by atoms with van der Waals surface area (Å²) < 4.78 is 4.12. The van der Waals surface area contributed by atoms with Gasteiger partial charge in [-0.2, -0.15) is 0 Å². The van der Waals surface area contributed by atoms with Crippen LogP contribution >= 0.6 is 15.9 Å². The van der Waals surface area contributed by atoms with Gasteiger partial charge in [-0.15, -0.1) is 0 Å². The van der Waals surface area contributed by atoms with Crippen LogP contribution in [0.15, 0.2) is 11.1 Å². The Morgan fingerprint density at radius 3 is 2.85 bits per heavy atom. The number of imidazole rings is 1. The average Bonchev–Trinajstić information content (AvgIpc) is 2.38. The van der Waals surface area contributed by atoms with E-state index in [4.69, 9.17) is 5.41 Å². The number of nitrogens with zero attached hydrogens (tertiary/aromatic N) is 4. The molecule has 0 aliphatic rings. The molecule has 13 heavy (non-hydrogen) atoms. The van der Waals surface area contributed by atoms with Crippen LogP contribution < -0.4 is 5.49 Å². The highest BCUT2D eigenvalue weighted by atomic mass is 79.9. The van der Waals surface area contributed by atoms with Gasteiger partial charge in [0.25, 0.3) is 0 Å². The third-order valence-corrected chi connectivity index (χ3v) is 2.65. The van der Waals surface area contributed by atoms with Crippen molar-refractivity contribution in [3.63, 3.8) is 0 Å². The number of fused-ring (bicyclic) bond motifs is 1. The van der Waals surface area contributed by atoms with E-state index < -0.39 is 0 Å². The number of aromatic nitrogens is 4. The van der Waals surface area contributed by atoms with Gasteiger partial charge in [0.15, 0.2) is 21.4 Å². The molecule has 0 bridgehead atoms. The molecule has 0 aromatic carbocycles. The van der Waals surface area contributed by atoms with E-state index in [1.54, 1.807) is 22.5 Å². The zero-order valence-electron chi connectivity index (χ0n) is 7.24. The second-order valence-electron chi connectivity index (χ2n) is 2.82. The van der Waals surface area contributed by atoms with Crippen LogP contribution in [-0.4, -0.2) is 19.1 Å². The van der Waals surface area contributed by atoms with Gasteiger partial charge in [-0.3, -0.25) is 5.41 Å². The van der Waals surface area contributed by atoms with Gasteiger partial charge in [-0.05, 0) is 15.9 Å². The van der Waals surface area contributed by atoms with Gasteiger partial charge in [-0.25, -0.2) is 9.97 Å². The zero-order valence-corrected chi connectivity index (χ0v) is 8.83.